The van der Waals surface area contributed by atoms with E-state index < -0.39 is 0 Å². The Morgan fingerprint density at radius 2 is 1.86 bits per heavy atom. The van der Waals surface area contributed by atoms with Gasteiger partial charge in [-0.3, -0.25) is 4.79 Å². The fourth-order valence-corrected chi connectivity index (χ4v) is 4.77. The zero-order valence-corrected chi connectivity index (χ0v) is 18.2. The molecule has 2 N–H and O–H groups in total. The lowest BCUT2D eigenvalue weighted by Gasteiger charge is -2.49. The van der Waals surface area contributed by atoms with E-state index in [0.29, 0.717) is 5.69 Å². The number of carbonyl (C=O) groups is 1. The molecule has 1 saturated heterocycles. The Hall–Kier alpha value is -2.01. The van der Waals surface area contributed by atoms with E-state index in [1.807, 2.05) is 24.3 Å². The summed E-state index contributed by atoms with van der Waals surface area (Å²) in [4.78, 5) is 19.0. The van der Waals surface area contributed by atoms with Gasteiger partial charge in [0.15, 0.2) is 0 Å². The first-order valence-electron chi connectivity index (χ1n) is 10.4. The van der Waals surface area contributed by atoms with E-state index in [4.69, 9.17) is 4.74 Å². The molecular weight excluding hydrogens is 350 g/mol. The maximum Gasteiger partial charge on any atom is 0.270 e. The molecule has 154 valence electrons. The minimum Gasteiger partial charge on any atom is -0.497 e. The molecule has 0 aliphatic carbocycles. The first-order valence-corrected chi connectivity index (χ1v) is 10.4. The first kappa shape index (κ1) is 20.7. The second-order valence-electron chi connectivity index (χ2n) is 9.44. The van der Waals surface area contributed by atoms with E-state index >= 15 is 0 Å². The third-order valence-corrected chi connectivity index (χ3v) is 5.68. The third-order valence-electron chi connectivity index (χ3n) is 5.68. The number of carbonyl (C=O) groups excluding carboxylic acids is 1. The highest BCUT2D eigenvalue weighted by molar-refractivity contribution is 5.98. The van der Waals surface area contributed by atoms with Crippen molar-refractivity contribution in [2.75, 3.05) is 13.7 Å². The zero-order chi connectivity index (χ0) is 20.5. The molecule has 0 bridgehead atoms. The van der Waals surface area contributed by atoms with Crippen LogP contribution in [0.4, 0.5) is 0 Å². The van der Waals surface area contributed by atoms with Crippen LogP contribution in [0.2, 0.25) is 0 Å². The summed E-state index contributed by atoms with van der Waals surface area (Å²) in [6.07, 6.45) is 4.01. The van der Waals surface area contributed by atoms with E-state index in [1.165, 1.54) is 0 Å². The fourth-order valence-electron chi connectivity index (χ4n) is 4.77. The van der Waals surface area contributed by atoms with Crippen molar-refractivity contribution in [2.45, 2.75) is 77.4 Å². The molecule has 1 aliphatic rings. The van der Waals surface area contributed by atoms with Crippen LogP contribution in [-0.4, -0.2) is 46.6 Å². The largest absolute Gasteiger partial charge is 0.497 e. The molecule has 1 aliphatic heterocycles. The molecule has 0 radical (unpaired) electrons. The molecule has 2 heterocycles. The number of fused-ring (bicyclic) bond motifs is 1. The number of aromatic nitrogens is 1. The molecule has 1 aromatic heterocycles. The van der Waals surface area contributed by atoms with Gasteiger partial charge in [-0.15, -0.1) is 0 Å². The Morgan fingerprint density at radius 3 is 2.46 bits per heavy atom. The second-order valence-corrected chi connectivity index (χ2v) is 9.44. The summed E-state index contributed by atoms with van der Waals surface area (Å²) in [7, 11) is 1.66. The number of nitrogens with one attached hydrogen (secondary N) is 2. The van der Waals surface area contributed by atoms with Crippen LogP contribution < -0.4 is 10.1 Å². The lowest BCUT2D eigenvalue weighted by Crippen LogP contribution is -2.62. The van der Waals surface area contributed by atoms with Gasteiger partial charge in [0.2, 0.25) is 0 Å². The number of hydrogen-bond acceptors (Lipinski definition) is 3. The van der Waals surface area contributed by atoms with Crippen LogP contribution in [0.1, 0.15) is 70.8 Å². The highest BCUT2D eigenvalue weighted by Gasteiger charge is 2.41. The van der Waals surface area contributed by atoms with Crippen molar-refractivity contribution >= 4 is 16.8 Å². The maximum atomic E-state index is 13.5. The van der Waals surface area contributed by atoms with Crippen molar-refractivity contribution in [1.29, 1.82) is 0 Å². The van der Waals surface area contributed by atoms with Crippen LogP contribution in [0.25, 0.3) is 10.9 Å². The number of rotatable bonds is 6. The molecule has 1 amide bonds. The monoisotopic (exact) mass is 385 g/mol. The average Bonchev–Trinajstić information content (AvgIpc) is 3.02. The van der Waals surface area contributed by atoms with Crippen molar-refractivity contribution in [3.8, 4) is 5.75 Å². The summed E-state index contributed by atoms with van der Waals surface area (Å²) in [6, 6.07) is 8.06. The number of piperidine rings is 1. The molecule has 2 aromatic rings. The topological polar surface area (TPSA) is 57.4 Å². The molecule has 1 aromatic carbocycles. The molecular formula is C23H35N3O2. The number of amides is 1. The van der Waals surface area contributed by atoms with Crippen LogP contribution >= 0.6 is 0 Å². The minimum atomic E-state index is 0.00494. The number of hydrogen-bond donors (Lipinski definition) is 2. The van der Waals surface area contributed by atoms with Crippen molar-refractivity contribution < 1.29 is 9.53 Å². The van der Waals surface area contributed by atoms with Crippen molar-refractivity contribution in [3.05, 3.63) is 30.0 Å². The van der Waals surface area contributed by atoms with Gasteiger partial charge in [-0.1, -0.05) is 13.3 Å². The molecule has 3 rings (SSSR count). The number of ether oxygens (including phenoxy) is 1. The third kappa shape index (κ3) is 4.52. The fraction of sp³-hybridized carbons (Fsp3) is 0.609. The Morgan fingerprint density at radius 1 is 1.18 bits per heavy atom. The summed E-state index contributed by atoms with van der Waals surface area (Å²) < 4.78 is 5.31. The summed E-state index contributed by atoms with van der Waals surface area (Å²) in [5.41, 5.74) is 1.60. The lowest BCUT2D eigenvalue weighted by atomic mass is 9.79. The number of benzene rings is 1. The van der Waals surface area contributed by atoms with Gasteiger partial charge in [-0.05, 0) is 65.2 Å². The van der Waals surface area contributed by atoms with Crippen LogP contribution in [0.5, 0.6) is 5.75 Å². The zero-order valence-electron chi connectivity index (χ0n) is 18.2. The smallest absolute Gasteiger partial charge is 0.270 e. The Balaban J connectivity index is 1.91. The summed E-state index contributed by atoms with van der Waals surface area (Å²) in [6.45, 7) is 11.9. The number of H-pyrrole nitrogens is 1. The van der Waals surface area contributed by atoms with Crippen LogP contribution in [-0.2, 0) is 0 Å². The predicted molar refractivity (Wildman–Crippen MR) is 115 cm³/mol. The quantitative estimate of drug-likeness (QED) is 0.756. The van der Waals surface area contributed by atoms with Crippen LogP contribution in [0.15, 0.2) is 24.3 Å². The van der Waals surface area contributed by atoms with E-state index in [-0.39, 0.29) is 23.0 Å². The lowest BCUT2D eigenvalue weighted by molar-refractivity contribution is 0.0437. The Kier molecular flexibility index (Phi) is 5.76. The SMILES string of the molecule is CCCCN(C(=O)c1cc2ccc(OC)cc2[nH]1)C1CC(C)(C)NC(C)(C)C1. The highest BCUT2D eigenvalue weighted by atomic mass is 16.5. The predicted octanol–water partition coefficient (Wildman–Crippen LogP) is 4.73. The van der Waals surface area contributed by atoms with Gasteiger partial charge in [0.05, 0.1) is 7.11 Å². The number of nitrogens with zero attached hydrogens (tertiary/aromatic N) is 1. The molecule has 0 saturated carbocycles. The second kappa shape index (κ2) is 7.78. The van der Waals surface area contributed by atoms with E-state index in [0.717, 1.165) is 48.9 Å². The molecule has 0 spiro atoms. The standard InChI is InChI=1S/C23H35N3O2/c1-7-8-11-26(17-14-22(2,3)25-23(4,5)15-17)21(27)20-12-16-9-10-18(28-6)13-19(16)24-20/h9-10,12-13,17,24-25H,7-8,11,14-15H2,1-6H3. The van der Waals surface area contributed by atoms with Gasteiger partial charge in [-0.2, -0.15) is 0 Å². The van der Waals surface area contributed by atoms with Crippen molar-refractivity contribution in [3.63, 3.8) is 0 Å². The van der Waals surface area contributed by atoms with Crippen LogP contribution in [0, 0.1) is 0 Å². The molecule has 1 fully saturated rings. The van der Waals surface area contributed by atoms with Gasteiger partial charge in [0, 0.05) is 40.6 Å². The molecule has 0 atom stereocenters. The number of aromatic amines is 1. The van der Waals surface area contributed by atoms with E-state index in [2.05, 4.69) is 49.8 Å². The normalized spacial score (nSPS) is 18.9. The van der Waals surface area contributed by atoms with Crippen LogP contribution in [0.3, 0.4) is 0 Å². The maximum absolute atomic E-state index is 13.5. The summed E-state index contributed by atoms with van der Waals surface area (Å²) in [5.74, 6) is 0.889. The summed E-state index contributed by atoms with van der Waals surface area (Å²) in [5, 5.41) is 4.76. The van der Waals surface area contributed by atoms with Gasteiger partial charge in [0.1, 0.15) is 11.4 Å². The highest BCUT2D eigenvalue weighted by Crippen LogP contribution is 2.33. The van der Waals surface area contributed by atoms with Gasteiger partial charge < -0.3 is 19.9 Å². The molecule has 5 heteroatoms. The van der Waals surface area contributed by atoms with E-state index in [9.17, 15) is 4.79 Å². The molecule has 5 nitrogen and oxygen atoms in total. The van der Waals surface area contributed by atoms with Crippen molar-refractivity contribution in [2.24, 2.45) is 0 Å². The van der Waals surface area contributed by atoms with Gasteiger partial charge in [0.25, 0.3) is 5.91 Å². The summed E-state index contributed by atoms with van der Waals surface area (Å²) >= 11 is 0. The molecule has 0 unspecified atom stereocenters. The molecule has 28 heavy (non-hydrogen) atoms. The Labute approximate surface area is 168 Å². The average molecular weight is 386 g/mol. The van der Waals surface area contributed by atoms with Gasteiger partial charge >= 0.3 is 0 Å². The number of unbranched alkanes of at least 4 members (excludes halogenated alkanes) is 1. The number of methoxy groups -OCH3 is 1. The van der Waals surface area contributed by atoms with Crippen molar-refractivity contribution in [1.82, 2.24) is 15.2 Å². The van der Waals surface area contributed by atoms with Gasteiger partial charge in [-0.25, -0.2) is 0 Å². The first-order chi connectivity index (χ1) is 13.1. The Bertz CT molecular complexity index is 821. The minimum absolute atomic E-state index is 0.00494. The van der Waals surface area contributed by atoms with E-state index in [1.54, 1.807) is 7.11 Å².